The van der Waals surface area contributed by atoms with Crippen LogP contribution in [-0.2, 0) is 4.79 Å². The van der Waals surface area contributed by atoms with E-state index in [1.54, 1.807) is 4.68 Å². The number of nitrogens with zero attached hydrogens (tertiary/aromatic N) is 2. The first-order valence-electron chi connectivity index (χ1n) is 4.44. The van der Waals surface area contributed by atoms with Crippen molar-refractivity contribution < 1.29 is 9.20 Å². The highest BCUT2D eigenvalue weighted by molar-refractivity contribution is 5.81. The lowest BCUT2D eigenvalue weighted by atomic mass is 10.5. The zero-order valence-electron chi connectivity index (χ0n) is 8.19. The van der Waals surface area contributed by atoms with Crippen LogP contribution in [0.4, 0.5) is 0 Å². The summed E-state index contributed by atoms with van der Waals surface area (Å²) in [7, 11) is 0. The van der Waals surface area contributed by atoms with Crippen molar-refractivity contribution in [1.82, 2.24) is 4.68 Å². The lowest BCUT2D eigenvalue weighted by molar-refractivity contribution is -0.510. The molecule has 1 amide bonds. The molecule has 2 aromatic rings. The van der Waals surface area contributed by atoms with Crippen molar-refractivity contribution in [1.29, 1.82) is 0 Å². The number of carbonyl (C=O) groups is 1. The molecule has 0 aromatic carbocycles. The van der Waals surface area contributed by atoms with Gasteiger partial charge in [0.25, 0.3) is 5.91 Å². The van der Waals surface area contributed by atoms with Crippen LogP contribution in [0, 0.1) is 6.92 Å². The Kier molecular flexibility index (Phi) is 1.96. The number of rotatable bonds is 1. The zero-order chi connectivity index (χ0) is 10.1. The van der Waals surface area contributed by atoms with E-state index in [0.717, 1.165) is 11.3 Å². The first-order chi connectivity index (χ1) is 6.68. The molecule has 0 atom stereocenters. The van der Waals surface area contributed by atoms with Crippen molar-refractivity contribution in [2.24, 2.45) is 0 Å². The summed E-state index contributed by atoms with van der Waals surface area (Å²) in [5.41, 5.74) is 4.69. The molecular weight excluding hydrogens is 178 g/mol. The van der Waals surface area contributed by atoms with E-state index >= 15 is 0 Å². The highest BCUT2D eigenvalue weighted by Gasteiger charge is 2.13. The van der Waals surface area contributed by atoms with Crippen LogP contribution in [0.15, 0.2) is 30.6 Å². The number of pyridine rings is 1. The second-order valence-corrected chi connectivity index (χ2v) is 3.24. The van der Waals surface area contributed by atoms with E-state index in [4.69, 9.17) is 0 Å². The molecule has 2 aromatic heterocycles. The largest absolute Gasteiger partial charge is 0.310 e. The fraction of sp³-hybridized carbons (Fsp3) is 0.200. The van der Waals surface area contributed by atoms with Crippen LogP contribution in [-0.4, -0.2) is 10.6 Å². The molecule has 0 bridgehead atoms. The summed E-state index contributed by atoms with van der Waals surface area (Å²) in [6, 6.07) is 5.83. The van der Waals surface area contributed by atoms with E-state index in [0.29, 0.717) is 0 Å². The number of imidazole rings is 1. The maximum atomic E-state index is 11.0. The Bertz CT molecular complexity index is 487. The average molecular weight is 190 g/mol. The predicted molar refractivity (Wildman–Crippen MR) is 52.4 cm³/mol. The van der Waals surface area contributed by atoms with Crippen LogP contribution >= 0.6 is 0 Å². The van der Waals surface area contributed by atoms with Gasteiger partial charge in [0.15, 0.2) is 5.69 Å². The van der Waals surface area contributed by atoms with Gasteiger partial charge in [-0.2, -0.15) is 5.43 Å². The smallest absolute Gasteiger partial charge is 0.272 e. The third kappa shape index (κ3) is 1.35. The number of fused-ring (bicyclic) bond motifs is 1. The number of hydrogen-bond acceptors (Lipinski definition) is 1. The van der Waals surface area contributed by atoms with Gasteiger partial charge < -0.3 is 0 Å². The topological polar surface area (TPSA) is 38.1 Å². The highest BCUT2D eigenvalue weighted by Crippen LogP contribution is 2.01. The SMILES string of the molecule is CC(=O)Nn1c(C)c[n+]2ccccc12. The van der Waals surface area contributed by atoms with E-state index in [-0.39, 0.29) is 5.91 Å². The Morgan fingerprint density at radius 1 is 1.50 bits per heavy atom. The van der Waals surface area contributed by atoms with Crippen molar-refractivity contribution >= 4 is 11.6 Å². The minimum atomic E-state index is -0.0740. The summed E-state index contributed by atoms with van der Waals surface area (Å²) in [6.07, 6.45) is 3.91. The van der Waals surface area contributed by atoms with Crippen LogP contribution < -0.4 is 9.83 Å². The van der Waals surface area contributed by atoms with E-state index in [9.17, 15) is 4.79 Å². The molecule has 0 spiro atoms. The molecule has 0 saturated heterocycles. The number of carbonyl (C=O) groups excluding carboxylic acids is 1. The minimum Gasteiger partial charge on any atom is -0.272 e. The van der Waals surface area contributed by atoms with E-state index in [1.165, 1.54) is 6.92 Å². The number of hydrogen-bond donors (Lipinski definition) is 1. The van der Waals surface area contributed by atoms with Crippen LogP contribution in [0.3, 0.4) is 0 Å². The molecule has 2 rings (SSSR count). The van der Waals surface area contributed by atoms with Crippen molar-refractivity contribution in [3.05, 3.63) is 36.3 Å². The van der Waals surface area contributed by atoms with Crippen LogP contribution in [0.25, 0.3) is 5.65 Å². The van der Waals surface area contributed by atoms with Crippen molar-refractivity contribution in [3.8, 4) is 0 Å². The summed E-state index contributed by atoms with van der Waals surface area (Å²) in [6.45, 7) is 3.45. The van der Waals surface area contributed by atoms with Crippen molar-refractivity contribution in [2.75, 3.05) is 5.43 Å². The highest BCUT2D eigenvalue weighted by atomic mass is 16.2. The molecule has 0 fully saturated rings. The second kappa shape index (κ2) is 3.14. The van der Waals surface area contributed by atoms with Gasteiger partial charge in [-0.3, -0.25) is 4.79 Å². The Balaban J connectivity index is 2.62. The molecule has 4 heteroatoms. The Morgan fingerprint density at radius 2 is 2.29 bits per heavy atom. The lowest BCUT2D eigenvalue weighted by Crippen LogP contribution is -2.24. The van der Waals surface area contributed by atoms with Gasteiger partial charge in [-0.05, 0) is 6.07 Å². The quantitative estimate of drug-likeness (QED) is 0.658. The molecule has 0 aliphatic carbocycles. The number of aryl methyl sites for hydroxylation is 1. The maximum Gasteiger partial charge on any atom is 0.310 e. The Morgan fingerprint density at radius 3 is 3.00 bits per heavy atom. The van der Waals surface area contributed by atoms with Gasteiger partial charge in [0.05, 0.1) is 6.20 Å². The van der Waals surface area contributed by atoms with Crippen LogP contribution in [0.2, 0.25) is 0 Å². The molecule has 0 unspecified atom stereocenters. The second-order valence-electron chi connectivity index (χ2n) is 3.24. The molecule has 14 heavy (non-hydrogen) atoms. The molecule has 0 saturated carbocycles. The predicted octanol–water partition coefficient (Wildman–Crippen LogP) is 0.625. The normalized spacial score (nSPS) is 10.4. The monoisotopic (exact) mass is 190 g/mol. The van der Waals surface area contributed by atoms with E-state index in [1.807, 2.05) is 41.9 Å². The van der Waals surface area contributed by atoms with E-state index in [2.05, 4.69) is 5.43 Å². The fourth-order valence-electron chi connectivity index (χ4n) is 1.49. The molecule has 0 aliphatic rings. The zero-order valence-corrected chi connectivity index (χ0v) is 8.19. The lowest BCUT2D eigenvalue weighted by Gasteiger charge is -1.97. The summed E-state index contributed by atoms with van der Waals surface area (Å²) in [5.74, 6) is -0.0740. The molecule has 2 heterocycles. The van der Waals surface area contributed by atoms with Crippen LogP contribution in [0.1, 0.15) is 12.6 Å². The van der Waals surface area contributed by atoms with Gasteiger partial charge in [-0.15, -0.1) is 4.68 Å². The molecule has 0 aliphatic heterocycles. The third-order valence-corrected chi connectivity index (χ3v) is 2.04. The fourth-order valence-corrected chi connectivity index (χ4v) is 1.49. The van der Waals surface area contributed by atoms with Gasteiger partial charge in [0.1, 0.15) is 6.20 Å². The number of nitrogens with one attached hydrogen (secondary N) is 1. The van der Waals surface area contributed by atoms with Gasteiger partial charge in [0.2, 0.25) is 0 Å². The first-order valence-corrected chi connectivity index (χ1v) is 4.44. The first kappa shape index (κ1) is 8.74. The van der Waals surface area contributed by atoms with Crippen molar-refractivity contribution in [3.63, 3.8) is 0 Å². The van der Waals surface area contributed by atoms with Crippen molar-refractivity contribution in [2.45, 2.75) is 13.8 Å². The Labute approximate surface area is 81.8 Å². The number of aromatic nitrogens is 2. The molecule has 1 N–H and O–H groups in total. The number of amides is 1. The maximum absolute atomic E-state index is 11.0. The standard InChI is InChI=1S/C10H11N3O/c1-8-7-12-6-4-3-5-10(12)13(8)11-9(2)14/h3-7H,1-2H3/p+1. The van der Waals surface area contributed by atoms with Gasteiger partial charge >= 0.3 is 5.65 Å². The third-order valence-electron chi connectivity index (χ3n) is 2.04. The minimum absolute atomic E-state index is 0.0740. The molecular formula is C10H12N3O+. The van der Waals surface area contributed by atoms with Gasteiger partial charge in [-0.1, -0.05) is 6.07 Å². The summed E-state index contributed by atoms with van der Waals surface area (Å²) in [5, 5.41) is 0. The summed E-state index contributed by atoms with van der Waals surface area (Å²) < 4.78 is 3.73. The van der Waals surface area contributed by atoms with E-state index < -0.39 is 0 Å². The van der Waals surface area contributed by atoms with Gasteiger partial charge in [-0.25, -0.2) is 4.40 Å². The molecule has 4 nitrogen and oxygen atoms in total. The Hall–Kier alpha value is -1.84. The van der Waals surface area contributed by atoms with Gasteiger partial charge in [0, 0.05) is 19.9 Å². The summed E-state index contributed by atoms with van der Waals surface area (Å²) >= 11 is 0. The summed E-state index contributed by atoms with van der Waals surface area (Å²) in [4.78, 5) is 11.0. The molecule has 0 radical (unpaired) electrons. The molecule has 72 valence electrons. The average Bonchev–Trinajstić information content (AvgIpc) is 2.43. The van der Waals surface area contributed by atoms with Crippen LogP contribution in [0.5, 0.6) is 0 Å².